The van der Waals surface area contributed by atoms with Crippen molar-refractivity contribution in [3.05, 3.63) is 51.9 Å². The third-order valence-electron chi connectivity index (χ3n) is 4.56. The summed E-state index contributed by atoms with van der Waals surface area (Å²) in [5.74, 6) is -0.994. The van der Waals surface area contributed by atoms with Crippen LogP contribution in [0, 0.1) is 0 Å². The van der Waals surface area contributed by atoms with E-state index in [0.29, 0.717) is 24.3 Å². The molecular weight excluding hydrogens is 377 g/mol. The number of rotatable bonds is 2. The van der Waals surface area contributed by atoms with Crippen LogP contribution in [-0.4, -0.2) is 18.3 Å². The Bertz CT molecular complexity index is 1130. The monoisotopic (exact) mass is 392 g/mol. The quantitative estimate of drug-likeness (QED) is 0.695. The number of phenols is 1. The average Bonchev–Trinajstić information content (AvgIpc) is 2.66. The standard InChI is InChI=1S/C20H15F3O5/c1-2-10-7-12-15(9-13(10)24)28-19(20(21,22)23)17(18(12)25)11-3-4-14-16(8-11)27-6-5-26-14/h3-4,7-9,24H,2,5-6H2,1H3. The van der Waals surface area contributed by atoms with Crippen molar-refractivity contribution in [1.82, 2.24) is 0 Å². The van der Waals surface area contributed by atoms with Gasteiger partial charge in [-0.15, -0.1) is 0 Å². The molecular formula is C20H15F3O5. The lowest BCUT2D eigenvalue weighted by molar-refractivity contribution is -0.152. The topological polar surface area (TPSA) is 68.9 Å². The molecule has 0 saturated heterocycles. The van der Waals surface area contributed by atoms with Crippen LogP contribution >= 0.6 is 0 Å². The van der Waals surface area contributed by atoms with E-state index < -0.39 is 22.9 Å². The van der Waals surface area contributed by atoms with Crippen molar-refractivity contribution >= 4 is 11.0 Å². The van der Waals surface area contributed by atoms with Crippen LogP contribution in [0.3, 0.4) is 0 Å². The maximum Gasteiger partial charge on any atom is 0.450 e. The summed E-state index contributed by atoms with van der Waals surface area (Å²) in [5, 5.41) is 9.90. The van der Waals surface area contributed by atoms with Gasteiger partial charge < -0.3 is 19.0 Å². The normalized spacial score (nSPS) is 13.7. The van der Waals surface area contributed by atoms with Gasteiger partial charge >= 0.3 is 6.18 Å². The van der Waals surface area contributed by atoms with Crippen LogP contribution in [0.15, 0.2) is 39.5 Å². The highest BCUT2D eigenvalue weighted by Crippen LogP contribution is 2.41. The molecule has 146 valence electrons. The second kappa shape index (κ2) is 6.47. The van der Waals surface area contributed by atoms with Crippen molar-refractivity contribution in [3.63, 3.8) is 0 Å². The molecule has 28 heavy (non-hydrogen) atoms. The van der Waals surface area contributed by atoms with Crippen LogP contribution in [0.1, 0.15) is 18.2 Å². The van der Waals surface area contributed by atoms with Crippen LogP contribution in [0.25, 0.3) is 22.1 Å². The van der Waals surface area contributed by atoms with Gasteiger partial charge in [-0.25, -0.2) is 0 Å². The van der Waals surface area contributed by atoms with Gasteiger partial charge in [0.1, 0.15) is 24.5 Å². The average molecular weight is 392 g/mol. The fraction of sp³-hybridized carbons (Fsp3) is 0.250. The molecule has 4 rings (SSSR count). The molecule has 3 aromatic rings. The molecule has 1 aliphatic heterocycles. The zero-order valence-electron chi connectivity index (χ0n) is 14.7. The number of hydrogen-bond acceptors (Lipinski definition) is 5. The fourth-order valence-electron chi connectivity index (χ4n) is 3.22. The second-order valence-electron chi connectivity index (χ2n) is 6.32. The lowest BCUT2D eigenvalue weighted by Crippen LogP contribution is -2.17. The predicted molar refractivity (Wildman–Crippen MR) is 95.0 cm³/mol. The molecule has 0 fully saturated rings. The first-order valence-electron chi connectivity index (χ1n) is 8.59. The first-order valence-corrected chi connectivity index (χ1v) is 8.59. The summed E-state index contributed by atoms with van der Waals surface area (Å²) in [6, 6.07) is 6.56. The Labute approximate surface area is 156 Å². The SMILES string of the molecule is CCc1cc2c(=O)c(-c3ccc4c(c3)OCCO4)c(C(F)(F)F)oc2cc1O. The van der Waals surface area contributed by atoms with Gasteiger partial charge in [-0.2, -0.15) is 13.2 Å². The summed E-state index contributed by atoms with van der Waals surface area (Å²) in [6.45, 7) is 2.35. The molecule has 1 aliphatic rings. The van der Waals surface area contributed by atoms with Gasteiger partial charge in [-0.05, 0) is 35.7 Å². The third kappa shape index (κ3) is 2.94. The largest absolute Gasteiger partial charge is 0.508 e. The molecule has 0 bridgehead atoms. The molecule has 0 atom stereocenters. The highest BCUT2D eigenvalue weighted by atomic mass is 19.4. The van der Waals surface area contributed by atoms with Crippen molar-refractivity contribution < 1.29 is 32.2 Å². The number of hydrogen-bond donors (Lipinski definition) is 1. The number of fused-ring (bicyclic) bond motifs is 2. The molecule has 1 N–H and O–H groups in total. The van der Waals surface area contributed by atoms with Crippen molar-refractivity contribution in [2.75, 3.05) is 13.2 Å². The van der Waals surface area contributed by atoms with Gasteiger partial charge in [-0.3, -0.25) is 4.79 Å². The number of ether oxygens (including phenoxy) is 2. The minimum absolute atomic E-state index is 0.0124. The summed E-state index contributed by atoms with van der Waals surface area (Å²) >= 11 is 0. The highest BCUT2D eigenvalue weighted by molar-refractivity contribution is 5.85. The van der Waals surface area contributed by atoms with Gasteiger partial charge in [-0.1, -0.05) is 13.0 Å². The van der Waals surface area contributed by atoms with Crippen LogP contribution < -0.4 is 14.9 Å². The van der Waals surface area contributed by atoms with Crippen LogP contribution in [-0.2, 0) is 12.6 Å². The van der Waals surface area contributed by atoms with Gasteiger partial charge in [0, 0.05) is 6.07 Å². The molecule has 0 aliphatic carbocycles. The van der Waals surface area contributed by atoms with E-state index in [2.05, 4.69) is 0 Å². The lowest BCUT2D eigenvalue weighted by atomic mass is 9.99. The number of aryl methyl sites for hydroxylation is 1. The molecule has 0 spiro atoms. The summed E-state index contributed by atoms with van der Waals surface area (Å²) in [5.41, 5.74) is -1.32. The number of benzene rings is 2. The minimum atomic E-state index is -4.91. The van der Waals surface area contributed by atoms with Gasteiger partial charge in [0.05, 0.1) is 10.9 Å². The van der Waals surface area contributed by atoms with Crippen molar-refractivity contribution in [1.29, 1.82) is 0 Å². The highest BCUT2D eigenvalue weighted by Gasteiger charge is 2.39. The number of halogens is 3. The molecule has 0 unspecified atom stereocenters. The third-order valence-corrected chi connectivity index (χ3v) is 4.56. The molecule has 8 heteroatoms. The van der Waals surface area contributed by atoms with Gasteiger partial charge in [0.25, 0.3) is 0 Å². The van der Waals surface area contributed by atoms with E-state index in [1.54, 1.807) is 6.92 Å². The first kappa shape index (κ1) is 18.2. The van der Waals surface area contributed by atoms with E-state index in [1.165, 1.54) is 24.3 Å². The number of alkyl halides is 3. The Morgan fingerprint density at radius 3 is 2.46 bits per heavy atom. The zero-order chi connectivity index (χ0) is 20.1. The lowest BCUT2D eigenvalue weighted by Gasteiger charge is -2.19. The van der Waals surface area contributed by atoms with E-state index in [9.17, 15) is 23.1 Å². The van der Waals surface area contributed by atoms with E-state index in [4.69, 9.17) is 13.9 Å². The molecule has 0 amide bonds. The van der Waals surface area contributed by atoms with E-state index >= 15 is 0 Å². The molecule has 5 nitrogen and oxygen atoms in total. The molecule has 0 radical (unpaired) electrons. The Morgan fingerprint density at radius 2 is 1.79 bits per heavy atom. The van der Waals surface area contributed by atoms with Crippen LogP contribution in [0.4, 0.5) is 13.2 Å². The van der Waals surface area contributed by atoms with Crippen LogP contribution in [0.5, 0.6) is 17.2 Å². The smallest absolute Gasteiger partial charge is 0.450 e. The molecule has 2 heterocycles. The first-order chi connectivity index (χ1) is 13.3. The van der Waals surface area contributed by atoms with Crippen molar-refractivity contribution in [2.24, 2.45) is 0 Å². The molecule has 0 saturated carbocycles. The van der Waals surface area contributed by atoms with Gasteiger partial charge in [0.15, 0.2) is 11.5 Å². The van der Waals surface area contributed by atoms with E-state index in [-0.39, 0.29) is 34.6 Å². The second-order valence-corrected chi connectivity index (χ2v) is 6.32. The van der Waals surface area contributed by atoms with Crippen molar-refractivity contribution in [3.8, 4) is 28.4 Å². The Kier molecular flexibility index (Phi) is 4.21. The Morgan fingerprint density at radius 1 is 1.07 bits per heavy atom. The fourth-order valence-corrected chi connectivity index (χ4v) is 3.22. The number of aromatic hydroxyl groups is 1. The van der Waals surface area contributed by atoms with E-state index in [1.807, 2.05) is 0 Å². The maximum absolute atomic E-state index is 13.7. The molecule has 2 aromatic carbocycles. The van der Waals surface area contributed by atoms with Crippen molar-refractivity contribution in [2.45, 2.75) is 19.5 Å². The summed E-state index contributed by atoms with van der Waals surface area (Å²) in [6.07, 6.45) is -4.50. The Hall–Kier alpha value is -3.16. The summed E-state index contributed by atoms with van der Waals surface area (Å²) in [7, 11) is 0. The Balaban J connectivity index is 2.04. The maximum atomic E-state index is 13.7. The van der Waals surface area contributed by atoms with Crippen LogP contribution in [0.2, 0.25) is 0 Å². The number of phenolic OH excluding ortho intramolecular Hbond substituents is 1. The zero-order valence-corrected chi connectivity index (χ0v) is 14.7. The minimum Gasteiger partial charge on any atom is -0.508 e. The molecule has 1 aromatic heterocycles. The predicted octanol–water partition coefficient (Wildman–Crippen LogP) is 4.52. The summed E-state index contributed by atoms with van der Waals surface area (Å²) in [4.78, 5) is 13.0. The van der Waals surface area contributed by atoms with Gasteiger partial charge in [0.2, 0.25) is 11.2 Å². The summed E-state index contributed by atoms with van der Waals surface area (Å²) < 4.78 is 56.9. The van der Waals surface area contributed by atoms with E-state index in [0.717, 1.165) is 6.07 Å².